The molecule has 2 nitrogen and oxygen atoms in total. The highest BCUT2D eigenvalue weighted by Gasteiger charge is 2.09. The van der Waals surface area contributed by atoms with Crippen molar-refractivity contribution in [3.8, 4) is 5.75 Å². The molecule has 0 bridgehead atoms. The zero-order valence-electron chi connectivity index (χ0n) is 11.3. The van der Waals surface area contributed by atoms with Crippen molar-refractivity contribution >= 4 is 11.6 Å². The number of rotatable bonds is 6. The molecule has 0 aromatic heterocycles. The second-order valence-corrected chi connectivity index (χ2v) is 4.86. The lowest BCUT2D eigenvalue weighted by Gasteiger charge is -2.13. The molecule has 0 saturated carbocycles. The lowest BCUT2D eigenvalue weighted by atomic mass is 10.2. The summed E-state index contributed by atoms with van der Waals surface area (Å²) in [5.41, 5.74) is 1.73. The quantitative estimate of drug-likeness (QED) is 0.863. The van der Waals surface area contributed by atoms with Gasteiger partial charge in [0.25, 0.3) is 0 Å². The Morgan fingerprint density at radius 3 is 2.75 bits per heavy atom. The van der Waals surface area contributed by atoms with Gasteiger partial charge in [0.1, 0.15) is 6.61 Å². The molecule has 4 heteroatoms. The smallest absolute Gasteiger partial charge is 0.165 e. The van der Waals surface area contributed by atoms with Gasteiger partial charge in [-0.25, -0.2) is 4.39 Å². The first kappa shape index (κ1) is 14.8. The molecule has 0 amide bonds. The lowest BCUT2D eigenvalue weighted by molar-refractivity contribution is 0.286. The summed E-state index contributed by atoms with van der Waals surface area (Å²) in [4.78, 5) is 0. The number of nitrogens with one attached hydrogen (secondary N) is 1. The van der Waals surface area contributed by atoms with Crippen LogP contribution in [0.25, 0.3) is 0 Å². The molecular formula is C16H17ClFNO. The predicted octanol–water partition coefficient (Wildman–Crippen LogP) is 4.17. The van der Waals surface area contributed by atoms with Crippen LogP contribution >= 0.6 is 11.6 Å². The highest BCUT2D eigenvalue weighted by molar-refractivity contribution is 6.30. The number of benzene rings is 2. The molecular weight excluding hydrogens is 277 g/mol. The maximum atomic E-state index is 13.9. The van der Waals surface area contributed by atoms with Gasteiger partial charge in [-0.1, -0.05) is 42.8 Å². The zero-order chi connectivity index (χ0) is 14.4. The highest BCUT2D eigenvalue weighted by Crippen LogP contribution is 2.24. The Bertz CT molecular complexity index is 574. The summed E-state index contributed by atoms with van der Waals surface area (Å²) in [5, 5.41) is 3.82. The van der Waals surface area contributed by atoms with Crippen molar-refractivity contribution in [2.24, 2.45) is 0 Å². The first-order chi connectivity index (χ1) is 9.70. The molecule has 0 saturated heterocycles. The Balaban J connectivity index is 2.11. The van der Waals surface area contributed by atoms with Crippen molar-refractivity contribution in [2.75, 3.05) is 6.54 Å². The summed E-state index contributed by atoms with van der Waals surface area (Å²) in [6, 6.07) is 12.3. The van der Waals surface area contributed by atoms with E-state index in [1.165, 1.54) is 6.07 Å². The normalized spacial score (nSPS) is 10.6. The van der Waals surface area contributed by atoms with Crippen molar-refractivity contribution in [1.29, 1.82) is 0 Å². The van der Waals surface area contributed by atoms with E-state index in [1.807, 2.05) is 31.2 Å². The van der Waals surface area contributed by atoms with Crippen molar-refractivity contribution in [2.45, 2.75) is 20.1 Å². The van der Waals surface area contributed by atoms with E-state index >= 15 is 0 Å². The fraction of sp³-hybridized carbons (Fsp3) is 0.250. The van der Waals surface area contributed by atoms with E-state index in [2.05, 4.69) is 5.32 Å². The topological polar surface area (TPSA) is 21.3 Å². The molecule has 2 aromatic rings. The number of hydrogen-bond acceptors (Lipinski definition) is 2. The third-order valence-electron chi connectivity index (χ3n) is 2.89. The zero-order valence-corrected chi connectivity index (χ0v) is 12.1. The molecule has 1 N–H and O–H groups in total. The molecule has 2 rings (SSSR count). The second kappa shape index (κ2) is 7.27. The molecule has 0 unspecified atom stereocenters. The van der Waals surface area contributed by atoms with Crippen LogP contribution in [0.15, 0.2) is 42.5 Å². The Morgan fingerprint density at radius 2 is 2.00 bits per heavy atom. The molecule has 106 valence electrons. The first-order valence-corrected chi connectivity index (χ1v) is 6.94. The molecule has 0 aliphatic rings. The van der Waals surface area contributed by atoms with Gasteiger partial charge in [0.2, 0.25) is 0 Å². The summed E-state index contributed by atoms with van der Waals surface area (Å²) < 4.78 is 19.5. The maximum absolute atomic E-state index is 13.9. The molecule has 0 spiro atoms. The molecule has 0 aliphatic heterocycles. The van der Waals surface area contributed by atoms with Crippen LogP contribution in [0.1, 0.15) is 18.1 Å². The van der Waals surface area contributed by atoms with Crippen molar-refractivity contribution in [3.05, 3.63) is 64.4 Å². The Morgan fingerprint density at radius 1 is 1.20 bits per heavy atom. The van der Waals surface area contributed by atoms with E-state index in [4.69, 9.17) is 16.3 Å². The summed E-state index contributed by atoms with van der Waals surface area (Å²) in [6.45, 7) is 3.70. The van der Waals surface area contributed by atoms with Crippen LogP contribution in [0.4, 0.5) is 4.39 Å². The standard InChI is InChI=1S/C16H17ClFNO/c1-2-19-10-13-6-4-8-15(18)16(13)20-11-12-5-3-7-14(17)9-12/h3-9,19H,2,10-11H2,1H3. The largest absolute Gasteiger partial charge is 0.485 e. The minimum atomic E-state index is -0.345. The van der Waals surface area contributed by atoms with Gasteiger partial charge in [-0.15, -0.1) is 0 Å². The van der Waals surface area contributed by atoms with Crippen LogP contribution in [-0.2, 0) is 13.2 Å². The molecule has 0 radical (unpaired) electrons. The van der Waals surface area contributed by atoms with E-state index in [9.17, 15) is 4.39 Å². The van der Waals surface area contributed by atoms with Crippen LogP contribution in [-0.4, -0.2) is 6.54 Å². The van der Waals surface area contributed by atoms with Gasteiger partial charge in [0, 0.05) is 17.1 Å². The van der Waals surface area contributed by atoms with Gasteiger partial charge in [-0.3, -0.25) is 0 Å². The van der Waals surface area contributed by atoms with E-state index < -0.39 is 0 Å². The Labute approximate surface area is 123 Å². The minimum absolute atomic E-state index is 0.292. The minimum Gasteiger partial charge on any atom is -0.485 e. The number of hydrogen-bond donors (Lipinski definition) is 1. The second-order valence-electron chi connectivity index (χ2n) is 4.43. The van der Waals surface area contributed by atoms with Crippen LogP contribution < -0.4 is 10.1 Å². The van der Waals surface area contributed by atoms with Gasteiger partial charge in [-0.05, 0) is 30.3 Å². The van der Waals surface area contributed by atoms with Gasteiger partial charge in [-0.2, -0.15) is 0 Å². The Hall–Kier alpha value is -1.58. The summed E-state index contributed by atoms with van der Waals surface area (Å²) in [7, 11) is 0. The summed E-state index contributed by atoms with van der Waals surface area (Å²) in [6.07, 6.45) is 0. The molecule has 0 heterocycles. The number of para-hydroxylation sites is 1. The predicted molar refractivity (Wildman–Crippen MR) is 79.6 cm³/mol. The molecule has 0 fully saturated rings. The van der Waals surface area contributed by atoms with Gasteiger partial charge in [0.05, 0.1) is 0 Å². The van der Waals surface area contributed by atoms with Gasteiger partial charge < -0.3 is 10.1 Å². The van der Waals surface area contributed by atoms with E-state index in [1.54, 1.807) is 12.1 Å². The van der Waals surface area contributed by atoms with Gasteiger partial charge >= 0.3 is 0 Å². The van der Waals surface area contributed by atoms with Crippen molar-refractivity contribution < 1.29 is 9.13 Å². The highest BCUT2D eigenvalue weighted by atomic mass is 35.5. The number of ether oxygens (including phenoxy) is 1. The van der Waals surface area contributed by atoms with E-state index in [0.29, 0.717) is 23.9 Å². The molecule has 0 atom stereocenters. The summed E-state index contributed by atoms with van der Waals surface area (Å²) >= 11 is 5.92. The third-order valence-corrected chi connectivity index (χ3v) is 3.12. The van der Waals surface area contributed by atoms with Crippen LogP contribution in [0.5, 0.6) is 5.75 Å². The summed E-state index contributed by atoms with van der Waals surface area (Å²) in [5.74, 6) is -0.0455. The van der Waals surface area contributed by atoms with Crippen LogP contribution in [0.2, 0.25) is 5.02 Å². The van der Waals surface area contributed by atoms with Gasteiger partial charge in [0.15, 0.2) is 11.6 Å². The lowest BCUT2D eigenvalue weighted by Crippen LogP contribution is -2.13. The monoisotopic (exact) mass is 293 g/mol. The molecule has 20 heavy (non-hydrogen) atoms. The van der Waals surface area contributed by atoms with Crippen LogP contribution in [0.3, 0.4) is 0 Å². The fourth-order valence-corrected chi connectivity index (χ4v) is 2.11. The molecule has 0 aliphatic carbocycles. The average Bonchev–Trinajstić information content (AvgIpc) is 2.44. The number of halogens is 2. The fourth-order valence-electron chi connectivity index (χ4n) is 1.90. The van der Waals surface area contributed by atoms with Crippen molar-refractivity contribution in [3.63, 3.8) is 0 Å². The van der Waals surface area contributed by atoms with Crippen LogP contribution in [0, 0.1) is 5.82 Å². The Kier molecular flexibility index (Phi) is 5.39. The third kappa shape index (κ3) is 3.95. The SMILES string of the molecule is CCNCc1cccc(F)c1OCc1cccc(Cl)c1. The average molecular weight is 294 g/mol. The van der Waals surface area contributed by atoms with Crippen molar-refractivity contribution in [1.82, 2.24) is 5.32 Å². The van der Waals surface area contributed by atoms with E-state index in [-0.39, 0.29) is 5.82 Å². The maximum Gasteiger partial charge on any atom is 0.165 e. The van der Waals surface area contributed by atoms with E-state index in [0.717, 1.165) is 17.7 Å². The molecule has 2 aromatic carbocycles. The first-order valence-electron chi connectivity index (χ1n) is 6.56.